The number of halogens is 9. The van der Waals surface area contributed by atoms with Crippen LogP contribution in [0.3, 0.4) is 0 Å². The normalized spacial score (nSPS) is 20.3. The van der Waals surface area contributed by atoms with Crippen LogP contribution in [-0.4, -0.2) is 84.8 Å². The van der Waals surface area contributed by atoms with Gasteiger partial charge in [0.15, 0.2) is 15.7 Å². The molecule has 3 aliphatic rings. The van der Waals surface area contributed by atoms with Crippen molar-refractivity contribution in [1.82, 2.24) is 20.1 Å². The summed E-state index contributed by atoms with van der Waals surface area (Å²) in [7, 11) is -7.83. The molecule has 3 saturated carbocycles. The van der Waals surface area contributed by atoms with E-state index in [1.165, 1.54) is 38.1 Å². The van der Waals surface area contributed by atoms with Gasteiger partial charge >= 0.3 is 0 Å². The van der Waals surface area contributed by atoms with Crippen LogP contribution >= 0.6 is 11.6 Å². The zero-order chi connectivity index (χ0) is 46.8. The maximum absolute atomic E-state index is 15.3. The van der Waals surface area contributed by atoms with E-state index in [4.69, 9.17) is 17.3 Å². The lowest BCUT2D eigenvalue weighted by atomic mass is 9.93. The monoisotopic (exact) mass is 959 g/mol. The van der Waals surface area contributed by atoms with Gasteiger partial charge in [-0.2, -0.15) is 13.9 Å². The molecule has 7 rings (SSSR count). The molecule has 4 aromatic rings. The average molecular weight is 960 g/mol. The van der Waals surface area contributed by atoms with Crippen LogP contribution in [-0.2, 0) is 37.6 Å². The van der Waals surface area contributed by atoms with E-state index in [2.05, 4.69) is 37.0 Å². The van der Waals surface area contributed by atoms with Crippen molar-refractivity contribution in [2.45, 2.75) is 80.9 Å². The summed E-state index contributed by atoms with van der Waals surface area (Å²) in [5.41, 5.74) is 2.21. The second kappa shape index (κ2) is 16.9. The van der Waals surface area contributed by atoms with Gasteiger partial charge in [-0.15, -0.1) is 0 Å². The lowest BCUT2D eigenvalue weighted by Gasteiger charge is -2.23. The Balaban J connectivity index is 1.42. The third-order valence-corrected chi connectivity index (χ3v) is 15.2. The number of hydrogen-bond acceptors (Lipinski definition) is 9. The van der Waals surface area contributed by atoms with E-state index in [-0.39, 0.29) is 56.2 Å². The van der Waals surface area contributed by atoms with Gasteiger partial charge in [0.1, 0.15) is 40.9 Å². The number of carbonyl (C=O) groups is 1. The van der Waals surface area contributed by atoms with Gasteiger partial charge in [0.25, 0.3) is 18.8 Å². The van der Waals surface area contributed by atoms with Gasteiger partial charge in [0.2, 0.25) is 15.9 Å². The second-order valence-electron chi connectivity index (χ2n) is 16.3. The first-order valence-electron chi connectivity index (χ1n) is 19.5. The summed E-state index contributed by atoms with van der Waals surface area (Å²) in [5.74, 6) is -4.33. The molecule has 4 N–H and O–H groups in total. The van der Waals surface area contributed by atoms with Crippen molar-refractivity contribution in [1.29, 1.82) is 0 Å². The molecule has 2 aromatic carbocycles. The molecule has 3 aliphatic carbocycles. The summed E-state index contributed by atoms with van der Waals surface area (Å²) in [6, 6.07) is 6.23. The molecule has 0 spiro atoms. The Labute approximate surface area is 366 Å². The minimum atomic E-state index is -4.04. The first-order valence-corrected chi connectivity index (χ1v) is 23.3. The summed E-state index contributed by atoms with van der Waals surface area (Å²) >= 11 is 6.61. The fourth-order valence-corrected chi connectivity index (χ4v) is 9.26. The van der Waals surface area contributed by atoms with Crippen molar-refractivity contribution in [3.8, 4) is 23.0 Å². The van der Waals surface area contributed by atoms with Crippen LogP contribution in [0.15, 0.2) is 58.7 Å². The number of nitrogens with two attached hydrogens (primary N) is 1. The molecule has 342 valence electrons. The van der Waals surface area contributed by atoms with E-state index in [1.807, 2.05) is 0 Å². The first kappa shape index (κ1) is 46.7. The number of hydrogen-bond donors (Lipinski definition) is 3. The highest BCUT2D eigenvalue weighted by Crippen LogP contribution is 2.62. The van der Waals surface area contributed by atoms with E-state index >= 15 is 8.78 Å². The number of aromatic nitrogens is 3. The first-order chi connectivity index (χ1) is 29.8. The number of amides is 1. The number of fused-ring (bicyclic) bond motifs is 2. The highest BCUT2D eigenvalue weighted by molar-refractivity contribution is 7.93. The third-order valence-electron chi connectivity index (χ3n) is 11.1. The molecule has 1 amide bonds. The fraction of sp³-hybridized carbons (Fsp3) is 0.415. The molecular formula is C41H38ClF8N7O5S2. The zero-order valence-corrected chi connectivity index (χ0v) is 36.3. The van der Waals surface area contributed by atoms with E-state index in [1.54, 1.807) is 0 Å². The predicted octanol–water partition coefficient (Wildman–Crippen LogP) is 6.98. The largest absolute Gasteiger partial charge is 0.397 e. The molecule has 1 unspecified atom stereocenters. The highest BCUT2D eigenvalue weighted by Gasteiger charge is 2.67. The fourth-order valence-electron chi connectivity index (χ4n) is 7.45. The number of nitrogens with zero attached hydrogens (tertiary/aromatic N) is 4. The summed E-state index contributed by atoms with van der Waals surface area (Å²) in [6.45, 7) is 0.477. The summed E-state index contributed by atoms with van der Waals surface area (Å²) in [4.78, 5) is 22.2. The quantitative estimate of drug-likeness (QED) is 0.0896. The van der Waals surface area contributed by atoms with Crippen LogP contribution < -0.4 is 15.8 Å². The number of nitrogens with one attached hydrogen (secondary N) is 2. The maximum Gasteiger partial charge on any atom is 0.292 e. The molecule has 3 fully saturated rings. The molecule has 0 aliphatic heterocycles. The molecular weight excluding hydrogens is 922 g/mol. The van der Waals surface area contributed by atoms with Gasteiger partial charge in [-0.05, 0) is 87.3 Å². The Bertz CT molecular complexity index is 2910. The van der Waals surface area contributed by atoms with E-state index < -0.39 is 121 Å². The van der Waals surface area contributed by atoms with Gasteiger partial charge in [-0.25, -0.2) is 48.2 Å². The Morgan fingerprint density at radius 2 is 1.70 bits per heavy atom. The minimum absolute atomic E-state index is 0.00700. The number of anilines is 1. The highest BCUT2D eigenvalue weighted by atomic mass is 35.5. The van der Waals surface area contributed by atoms with E-state index in [9.17, 15) is 48.0 Å². The number of benzene rings is 2. The number of aliphatic imine (C=N–C) groups is 1. The van der Waals surface area contributed by atoms with Crippen molar-refractivity contribution in [2.24, 2.45) is 22.6 Å². The zero-order valence-electron chi connectivity index (χ0n) is 33.9. The van der Waals surface area contributed by atoms with Crippen LogP contribution in [0.25, 0.3) is 22.0 Å². The van der Waals surface area contributed by atoms with Gasteiger partial charge in [-0.3, -0.25) is 19.2 Å². The SMILES string of the molecule is CC(C)(C#Cc1ccc(-c2ccc(Cl)c3c(NS(=O)(=O)C4CC4)nn(CC(F)F)c23)c(C(Cc2cc(F)cc(F)c2)NC(=O)CN=C2C(=C(N)C(F)F)[C@H]3C[C@H]3C2(F)F)n1)S(C)(=O)=O. The number of allylic oxidation sites excluding steroid dienone is 2. The van der Waals surface area contributed by atoms with Crippen molar-refractivity contribution < 1.29 is 56.8 Å². The van der Waals surface area contributed by atoms with Gasteiger partial charge in [0.05, 0.1) is 38.6 Å². The van der Waals surface area contributed by atoms with Gasteiger partial charge in [0, 0.05) is 34.9 Å². The lowest BCUT2D eigenvalue weighted by molar-refractivity contribution is -0.120. The second-order valence-corrected chi connectivity index (χ2v) is 21.2. The van der Waals surface area contributed by atoms with E-state index in [0.717, 1.165) is 23.1 Å². The molecule has 3 atom stereocenters. The number of alkyl halides is 6. The Morgan fingerprint density at radius 1 is 1.05 bits per heavy atom. The molecule has 0 radical (unpaired) electrons. The Hall–Kier alpha value is -5.27. The molecule has 2 heterocycles. The molecule has 0 bridgehead atoms. The Kier molecular flexibility index (Phi) is 12.4. The molecule has 12 nitrogen and oxygen atoms in total. The average Bonchev–Trinajstić information content (AvgIpc) is 4.11. The summed E-state index contributed by atoms with van der Waals surface area (Å²) < 4.78 is 168. The Morgan fingerprint density at radius 3 is 2.31 bits per heavy atom. The smallest absolute Gasteiger partial charge is 0.292 e. The van der Waals surface area contributed by atoms with Gasteiger partial charge in [-0.1, -0.05) is 23.6 Å². The van der Waals surface area contributed by atoms with Crippen molar-refractivity contribution in [3.63, 3.8) is 0 Å². The van der Waals surface area contributed by atoms with Crippen LogP contribution in [0, 0.1) is 35.3 Å². The molecule has 0 saturated heterocycles. The summed E-state index contributed by atoms with van der Waals surface area (Å²) in [5, 5.41) is 5.73. The number of sulfonamides is 1. The van der Waals surface area contributed by atoms with Crippen LogP contribution in [0.1, 0.15) is 56.1 Å². The van der Waals surface area contributed by atoms with Crippen LogP contribution in [0.2, 0.25) is 5.02 Å². The third kappa shape index (κ3) is 9.42. The number of rotatable bonds is 14. The number of pyridine rings is 1. The van der Waals surface area contributed by atoms with Crippen molar-refractivity contribution in [3.05, 3.63) is 87.3 Å². The predicted molar refractivity (Wildman–Crippen MR) is 222 cm³/mol. The van der Waals surface area contributed by atoms with E-state index in [0.29, 0.717) is 18.9 Å². The minimum Gasteiger partial charge on any atom is -0.397 e. The molecule has 2 aromatic heterocycles. The standard InChI is InChI=1S/C41H38ClF8N7O5S2/c1-40(2,63(3,59)60)11-10-22-4-7-24(25-8-9-28(42)33-36(25)57(18-30(45)46)55-39(33)56-64(61,62)23-5-6-23)35(53-22)29(14-19-12-20(43)15-21(44)13-19)54-31(58)17-52-37-32(34(51)38(47)48)26-16-27(26)41(37,49)50/h4,7-9,12-13,15,23,26-27,29-30,38H,5-6,14,16-18,51H2,1-3H3,(H,54,58)(H,55,56)/t26-,27+,29?/m0/s1. The molecule has 64 heavy (non-hydrogen) atoms. The van der Waals surface area contributed by atoms with Crippen LogP contribution in [0.5, 0.6) is 0 Å². The molecule has 23 heteroatoms. The van der Waals surface area contributed by atoms with Crippen molar-refractivity contribution in [2.75, 3.05) is 17.5 Å². The number of sulfone groups is 1. The summed E-state index contributed by atoms with van der Waals surface area (Å²) in [6.07, 6.45) is -5.33. The topological polar surface area (TPSA) is 178 Å². The van der Waals surface area contributed by atoms with Crippen LogP contribution in [0.4, 0.5) is 40.9 Å². The maximum atomic E-state index is 15.3. The van der Waals surface area contributed by atoms with Gasteiger partial charge < -0.3 is 11.1 Å². The van der Waals surface area contributed by atoms with Crippen molar-refractivity contribution >= 4 is 59.8 Å². The number of carbonyl (C=O) groups excluding carboxylic acids is 1. The lowest BCUT2D eigenvalue weighted by Crippen LogP contribution is -2.35.